The van der Waals surface area contributed by atoms with Gasteiger partial charge in [0.05, 0.1) is 26.8 Å². The molecule has 0 aliphatic rings. The van der Waals surface area contributed by atoms with Gasteiger partial charge < -0.3 is 10.1 Å². The van der Waals surface area contributed by atoms with Gasteiger partial charge in [0, 0.05) is 6.54 Å². The second-order valence-corrected chi connectivity index (χ2v) is 6.49. The van der Waals surface area contributed by atoms with Crippen LogP contribution in [0.15, 0.2) is 39.3 Å². The minimum atomic E-state index is 0.686. The lowest BCUT2D eigenvalue weighted by atomic mass is 10.1. The van der Waals surface area contributed by atoms with Gasteiger partial charge in [-0.25, -0.2) is 0 Å². The van der Waals surface area contributed by atoms with Gasteiger partial charge in [-0.1, -0.05) is 23.7 Å². The molecular formula is C15H14Br2ClNO. The van der Waals surface area contributed by atoms with Crippen molar-refractivity contribution >= 4 is 49.1 Å². The van der Waals surface area contributed by atoms with Crippen LogP contribution < -0.4 is 10.1 Å². The topological polar surface area (TPSA) is 21.3 Å². The zero-order valence-electron chi connectivity index (χ0n) is 11.1. The molecule has 0 amide bonds. The van der Waals surface area contributed by atoms with Crippen molar-refractivity contribution in [2.45, 2.75) is 13.5 Å². The first-order valence-electron chi connectivity index (χ1n) is 6.04. The van der Waals surface area contributed by atoms with E-state index in [4.69, 9.17) is 16.3 Å². The number of nitrogens with one attached hydrogen (secondary N) is 1. The monoisotopic (exact) mass is 417 g/mol. The molecule has 2 rings (SSSR count). The van der Waals surface area contributed by atoms with Gasteiger partial charge in [-0.15, -0.1) is 0 Å². The largest absolute Gasteiger partial charge is 0.494 e. The molecular weight excluding hydrogens is 405 g/mol. The number of halogens is 3. The molecule has 0 fully saturated rings. The first-order valence-corrected chi connectivity index (χ1v) is 8.00. The van der Waals surface area contributed by atoms with E-state index in [0.717, 1.165) is 36.5 Å². The van der Waals surface area contributed by atoms with Gasteiger partial charge in [0.15, 0.2) is 0 Å². The first-order chi connectivity index (χ1) is 9.52. The van der Waals surface area contributed by atoms with Crippen molar-refractivity contribution in [1.82, 2.24) is 0 Å². The van der Waals surface area contributed by atoms with Gasteiger partial charge in [-0.05, 0) is 68.1 Å². The summed E-state index contributed by atoms with van der Waals surface area (Å²) in [7, 11) is 1.65. The zero-order valence-corrected chi connectivity index (χ0v) is 15.1. The van der Waals surface area contributed by atoms with Gasteiger partial charge in [-0.3, -0.25) is 0 Å². The molecule has 20 heavy (non-hydrogen) atoms. The average Bonchev–Trinajstić information content (AvgIpc) is 2.38. The third-order valence-corrected chi connectivity index (χ3v) is 4.45. The van der Waals surface area contributed by atoms with Crippen molar-refractivity contribution in [1.29, 1.82) is 0 Å². The fourth-order valence-corrected chi connectivity index (χ4v) is 3.85. The van der Waals surface area contributed by atoms with Crippen LogP contribution in [0.5, 0.6) is 5.75 Å². The lowest BCUT2D eigenvalue weighted by Gasteiger charge is -2.13. The minimum absolute atomic E-state index is 0.686. The van der Waals surface area contributed by atoms with Gasteiger partial charge in [0.1, 0.15) is 5.75 Å². The molecule has 0 radical (unpaired) electrons. The number of benzene rings is 2. The predicted octanol–water partition coefficient (Wildman–Crippen LogP) is 5.79. The molecule has 2 aromatic rings. The fourth-order valence-electron chi connectivity index (χ4n) is 1.96. The highest BCUT2D eigenvalue weighted by Gasteiger charge is 2.09. The fraction of sp³-hybridized carbons (Fsp3) is 0.200. The van der Waals surface area contributed by atoms with Crippen LogP contribution in [0.3, 0.4) is 0 Å². The molecule has 0 aliphatic carbocycles. The van der Waals surface area contributed by atoms with Crippen molar-refractivity contribution < 1.29 is 4.74 Å². The van der Waals surface area contributed by atoms with Crippen LogP contribution >= 0.6 is 43.5 Å². The van der Waals surface area contributed by atoms with Crippen molar-refractivity contribution in [3.63, 3.8) is 0 Å². The van der Waals surface area contributed by atoms with E-state index < -0.39 is 0 Å². The molecule has 0 spiro atoms. The molecule has 0 aliphatic heterocycles. The SMILES string of the molecule is COc1c(Br)cc(CNc2c(C)cccc2Cl)cc1Br. The van der Waals surface area contributed by atoms with E-state index >= 15 is 0 Å². The summed E-state index contributed by atoms with van der Waals surface area (Å²) in [6, 6.07) is 9.93. The first kappa shape index (κ1) is 15.7. The molecule has 106 valence electrons. The number of methoxy groups -OCH3 is 1. The summed E-state index contributed by atoms with van der Waals surface area (Å²) < 4.78 is 7.13. The van der Waals surface area contributed by atoms with Crippen molar-refractivity contribution in [2.24, 2.45) is 0 Å². The highest BCUT2D eigenvalue weighted by Crippen LogP contribution is 2.35. The summed E-state index contributed by atoms with van der Waals surface area (Å²) in [5.41, 5.74) is 3.23. The molecule has 1 N–H and O–H groups in total. The number of para-hydroxylation sites is 1. The minimum Gasteiger partial charge on any atom is -0.494 e. The van der Waals surface area contributed by atoms with E-state index in [0.29, 0.717) is 6.54 Å². The zero-order chi connectivity index (χ0) is 14.7. The molecule has 2 aromatic carbocycles. The van der Waals surface area contributed by atoms with Crippen molar-refractivity contribution in [3.8, 4) is 5.75 Å². The van der Waals surface area contributed by atoms with E-state index in [9.17, 15) is 0 Å². The Morgan fingerprint density at radius 3 is 2.40 bits per heavy atom. The van der Waals surface area contributed by atoms with Crippen LogP contribution in [0.4, 0.5) is 5.69 Å². The molecule has 0 saturated carbocycles. The predicted molar refractivity (Wildman–Crippen MR) is 91.9 cm³/mol. The third-order valence-electron chi connectivity index (χ3n) is 2.95. The Morgan fingerprint density at radius 1 is 1.20 bits per heavy atom. The van der Waals surface area contributed by atoms with E-state index in [1.165, 1.54) is 0 Å². The average molecular weight is 420 g/mol. The lowest BCUT2D eigenvalue weighted by Crippen LogP contribution is -2.02. The number of ether oxygens (including phenoxy) is 1. The Hall–Kier alpha value is -0.710. The van der Waals surface area contributed by atoms with Crippen molar-refractivity contribution in [2.75, 3.05) is 12.4 Å². The smallest absolute Gasteiger partial charge is 0.147 e. The molecule has 0 unspecified atom stereocenters. The maximum atomic E-state index is 6.20. The summed E-state index contributed by atoms with van der Waals surface area (Å²) in [4.78, 5) is 0. The Labute approximate surface area is 140 Å². The van der Waals surface area contributed by atoms with Gasteiger partial charge in [0.2, 0.25) is 0 Å². The number of rotatable bonds is 4. The maximum absolute atomic E-state index is 6.20. The second kappa shape index (κ2) is 6.83. The van der Waals surface area contributed by atoms with Crippen LogP contribution in [-0.2, 0) is 6.54 Å². The van der Waals surface area contributed by atoms with Crippen LogP contribution in [0, 0.1) is 6.92 Å². The molecule has 0 heterocycles. The lowest BCUT2D eigenvalue weighted by molar-refractivity contribution is 0.409. The Morgan fingerprint density at radius 2 is 1.85 bits per heavy atom. The maximum Gasteiger partial charge on any atom is 0.147 e. The number of aryl methyl sites for hydroxylation is 1. The van der Waals surface area contributed by atoms with Crippen LogP contribution in [-0.4, -0.2) is 7.11 Å². The Balaban J connectivity index is 2.20. The summed E-state index contributed by atoms with van der Waals surface area (Å²) in [6.45, 7) is 2.72. The van der Waals surface area contributed by atoms with E-state index in [1.807, 2.05) is 37.3 Å². The van der Waals surface area contributed by atoms with Crippen molar-refractivity contribution in [3.05, 3.63) is 55.4 Å². The molecule has 2 nitrogen and oxygen atoms in total. The summed E-state index contributed by atoms with van der Waals surface area (Å²) in [5, 5.41) is 4.11. The Bertz CT molecular complexity index is 588. The Kier molecular flexibility index (Phi) is 5.35. The number of hydrogen-bond donors (Lipinski definition) is 1. The number of anilines is 1. The van der Waals surface area contributed by atoms with Gasteiger partial charge in [0.25, 0.3) is 0 Å². The highest BCUT2D eigenvalue weighted by atomic mass is 79.9. The van der Waals surface area contributed by atoms with E-state index in [2.05, 4.69) is 37.2 Å². The van der Waals surface area contributed by atoms with Gasteiger partial charge in [-0.2, -0.15) is 0 Å². The number of hydrogen-bond acceptors (Lipinski definition) is 2. The summed E-state index contributed by atoms with van der Waals surface area (Å²) >= 11 is 13.2. The quantitative estimate of drug-likeness (QED) is 0.677. The van der Waals surface area contributed by atoms with E-state index in [1.54, 1.807) is 7.11 Å². The molecule has 0 bridgehead atoms. The van der Waals surface area contributed by atoms with E-state index in [-0.39, 0.29) is 0 Å². The second-order valence-electron chi connectivity index (χ2n) is 4.38. The van der Waals surface area contributed by atoms with Crippen LogP contribution in [0.2, 0.25) is 5.02 Å². The molecule has 5 heteroatoms. The molecule has 0 atom stereocenters. The summed E-state index contributed by atoms with van der Waals surface area (Å²) in [5.74, 6) is 0.794. The molecule has 0 saturated heterocycles. The summed E-state index contributed by atoms with van der Waals surface area (Å²) in [6.07, 6.45) is 0. The molecule has 0 aromatic heterocycles. The normalized spacial score (nSPS) is 10.4. The van der Waals surface area contributed by atoms with Crippen LogP contribution in [0.25, 0.3) is 0 Å². The highest BCUT2D eigenvalue weighted by molar-refractivity contribution is 9.11. The van der Waals surface area contributed by atoms with Crippen LogP contribution in [0.1, 0.15) is 11.1 Å². The van der Waals surface area contributed by atoms with Gasteiger partial charge >= 0.3 is 0 Å². The standard InChI is InChI=1S/C15H14Br2ClNO/c1-9-4-3-5-13(18)14(9)19-8-10-6-11(16)15(20-2)12(17)7-10/h3-7,19H,8H2,1-2H3. The third kappa shape index (κ3) is 3.48.